The number of hydrogen-bond acceptors (Lipinski definition) is 6. The van der Waals surface area contributed by atoms with Crippen LogP contribution in [0.5, 0.6) is 11.5 Å². The minimum Gasteiger partial charge on any atom is -0.490 e. The molecule has 2 aromatic carbocycles. The molecule has 32 heavy (non-hydrogen) atoms. The number of sulfonamides is 1. The summed E-state index contributed by atoms with van der Waals surface area (Å²) in [5.74, 6) is -0.883. The topological polar surface area (TPSA) is 123 Å². The summed E-state index contributed by atoms with van der Waals surface area (Å²) < 4.78 is 38.4. The Balaban J connectivity index is 1.94. The Morgan fingerprint density at radius 1 is 0.969 bits per heavy atom. The van der Waals surface area contributed by atoms with Gasteiger partial charge in [-0.2, -0.15) is 4.72 Å². The first kappa shape index (κ1) is 25.4. The monoisotopic (exact) mass is 483 g/mol. The Kier molecular flexibility index (Phi) is 9.30. The van der Waals surface area contributed by atoms with Crippen LogP contribution in [-0.2, 0) is 19.6 Å². The molecule has 0 saturated carbocycles. The number of nitrogens with one attached hydrogen (secondary N) is 3. The predicted molar refractivity (Wildman–Crippen MR) is 120 cm³/mol. The molecular weight excluding hydrogens is 458 g/mol. The largest absolute Gasteiger partial charge is 0.490 e. The number of benzene rings is 2. The molecule has 3 N–H and O–H groups in total. The van der Waals surface area contributed by atoms with Gasteiger partial charge in [-0.1, -0.05) is 37.6 Å². The second kappa shape index (κ2) is 11.7. The van der Waals surface area contributed by atoms with Gasteiger partial charge in [-0.3, -0.25) is 20.4 Å². The van der Waals surface area contributed by atoms with Crippen LogP contribution in [-0.4, -0.2) is 39.5 Å². The molecule has 174 valence electrons. The fourth-order valence-electron chi connectivity index (χ4n) is 2.57. The molecule has 2 rings (SSSR count). The van der Waals surface area contributed by atoms with Crippen LogP contribution in [0.2, 0.25) is 5.02 Å². The number of ether oxygens (including phenoxy) is 2. The second-order valence-corrected chi connectivity index (χ2v) is 9.15. The van der Waals surface area contributed by atoms with Gasteiger partial charge >= 0.3 is 0 Å². The van der Waals surface area contributed by atoms with E-state index in [1.165, 1.54) is 24.3 Å². The zero-order valence-corrected chi connectivity index (χ0v) is 19.5. The van der Waals surface area contributed by atoms with Crippen molar-refractivity contribution in [2.45, 2.75) is 31.7 Å². The van der Waals surface area contributed by atoms with Crippen LogP contribution in [0.3, 0.4) is 0 Å². The molecule has 0 unspecified atom stereocenters. The number of rotatable bonds is 10. The van der Waals surface area contributed by atoms with Gasteiger partial charge in [0.05, 0.1) is 11.5 Å². The predicted octanol–water partition coefficient (Wildman–Crippen LogP) is 2.27. The highest BCUT2D eigenvalue weighted by Gasteiger charge is 2.28. The lowest BCUT2D eigenvalue weighted by Gasteiger charge is -2.22. The molecule has 9 nitrogen and oxygen atoms in total. The van der Waals surface area contributed by atoms with Gasteiger partial charge in [-0.05, 0) is 49.2 Å². The minimum absolute atomic E-state index is 0.0363. The van der Waals surface area contributed by atoms with Crippen molar-refractivity contribution in [3.63, 3.8) is 0 Å². The Morgan fingerprint density at radius 3 is 2.12 bits per heavy atom. The van der Waals surface area contributed by atoms with E-state index in [1.807, 2.05) is 6.92 Å². The van der Waals surface area contributed by atoms with Crippen LogP contribution in [0.1, 0.15) is 20.8 Å². The molecule has 0 radical (unpaired) electrons. The third-order valence-corrected chi connectivity index (χ3v) is 5.90. The van der Waals surface area contributed by atoms with E-state index in [-0.39, 0.29) is 11.5 Å². The highest BCUT2D eigenvalue weighted by atomic mass is 35.5. The number of para-hydroxylation sites is 2. The van der Waals surface area contributed by atoms with E-state index < -0.39 is 33.8 Å². The van der Waals surface area contributed by atoms with Crippen LogP contribution in [0.25, 0.3) is 0 Å². The van der Waals surface area contributed by atoms with Gasteiger partial charge in [0.15, 0.2) is 18.1 Å². The van der Waals surface area contributed by atoms with Crippen molar-refractivity contribution in [3.05, 3.63) is 53.6 Å². The molecule has 2 amide bonds. The van der Waals surface area contributed by atoms with E-state index in [0.717, 1.165) is 0 Å². The summed E-state index contributed by atoms with van der Waals surface area (Å²) in [7, 11) is -3.98. The third-order valence-electron chi connectivity index (χ3n) is 4.19. The quantitative estimate of drug-likeness (QED) is 0.445. The lowest BCUT2D eigenvalue weighted by molar-refractivity contribution is -0.131. The van der Waals surface area contributed by atoms with Crippen LogP contribution in [0, 0.1) is 5.92 Å². The molecule has 0 heterocycles. The van der Waals surface area contributed by atoms with Crippen molar-refractivity contribution in [1.29, 1.82) is 0 Å². The highest BCUT2D eigenvalue weighted by Crippen LogP contribution is 2.26. The second-order valence-electron chi connectivity index (χ2n) is 7.00. The summed E-state index contributed by atoms with van der Waals surface area (Å²) >= 11 is 5.79. The summed E-state index contributed by atoms with van der Waals surface area (Å²) in [5, 5.41) is 0.385. The Hall–Kier alpha value is -2.82. The van der Waals surface area contributed by atoms with E-state index in [2.05, 4.69) is 15.6 Å². The average Bonchev–Trinajstić information content (AvgIpc) is 2.75. The van der Waals surface area contributed by atoms with E-state index in [9.17, 15) is 18.0 Å². The highest BCUT2D eigenvalue weighted by molar-refractivity contribution is 7.89. The van der Waals surface area contributed by atoms with Gasteiger partial charge < -0.3 is 9.47 Å². The SMILES string of the molecule is CCOc1ccccc1OCC(=O)NNC(=O)[C@@H](NS(=O)(=O)c1ccc(Cl)cc1)C(C)C. The van der Waals surface area contributed by atoms with Crippen molar-refractivity contribution >= 4 is 33.4 Å². The van der Waals surface area contributed by atoms with Gasteiger partial charge in [0, 0.05) is 5.02 Å². The van der Waals surface area contributed by atoms with Crippen molar-refractivity contribution in [1.82, 2.24) is 15.6 Å². The Labute approximate surface area is 192 Å². The maximum Gasteiger partial charge on any atom is 0.276 e. The molecule has 11 heteroatoms. The van der Waals surface area contributed by atoms with Crippen molar-refractivity contribution in [2.24, 2.45) is 5.92 Å². The maximum absolute atomic E-state index is 12.6. The van der Waals surface area contributed by atoms with E-state index in [1.54, 1.807) is 38.1 Å². The van der Waals surface area contributed by atoms with E-state index >= 15 is 0 Å². The lowest BCUT2D eigenvalue weighted by atomic mass is 10.1. The van der Waals surface area contributed by atoms with Gasteiger partial charge in [0.25, 0.3) is 11.8 Å². The third kappa shape index (κ3) is 7.40. The number of carbonyl (C=O) groups excluding carboxylic acids is 2. The Morgan fingerprint density at radius 2 is 1.56 bits per heavy atom. The summed E-state index contributed by atoms with van der Waals surface area (Å²) in [6.45, 7) is 5.22. The first-order chi connectivity index (χ1) is 15.1. The average molecular weight is 484 g/mol. The van der Waals surface area contributed by atoms with Gasteiger partial charge in [-0.25, -0.2) is 8.42 Å². The first-order valence-corrected chi connectivity index (χ1v) is 11.7. The molecule has 0 spiro atoms. The van der Waals surface area contributed by atoms with E-state index in [0.29, 0.717) is 23.1 Å². The molecule has 0 fully saturated rings. The normalized spacial score (nSPS) is 12.2. The number of amides is 2. The van der Waals surface area contributed by atoms with Crippen molar-refractivity contribution in [3.8, 4) is 11.5 Å². The lowest BCUT2D eigenvalue weighted by Crippen LogP contribution is -2.54. The van der Waals surface area contributed by atoms with Gasteiger partial charge in [0.1, 0.15) is 6.04 Å². The van der Waals surface area contributed by atoms with Crippen LogP contribution in [0.15, 0.2) is 53.4 Å². The van der Waals surface area contributed by atoms with Gasteiger partial charge in [-0.15, -0.1) is 0 Å². The molecule has 1 atom stereocenters. The molecule has 2 aromatic rings. The van der Waals surface area contributed by atoms with Crippen molar-refractivity contribution < 1.29 is 27.5 Å². The van der Waals surface area contributed by atoms with E-state index in [4.69, 9.17) is 21.1 Å². The molecule has 0 aromatic heterocycles. The summed E-state index contributed by atoms with van der Waals surface area (Å²) in [5.41, 5.74) is 4.44. The van der Waals surface area contributed by atoms with Crippen LogP contribution >= 0.6 is 11.6 Å². The molecule has 0 aliphatic carbocycles. The standard InChI is InChI=1S/C21H26ClN3O6S/c1-4-30-17-7-5-6-8-18(17)31-13-19(26)23-24-21(27)20(14(2)3)25-32(28,29)16-11-9-15(22)10-12-16/h5-12,14,20,25H,4,13H2,1-3H3,(H,23,26)(H,24,27)/t20-/m0/s1. The number of halogens is 1. The zero-order chi connectivity index (χ0) is 23.7. The number of hydrazine groups is 1. The molecule has 0 aliphatic rings. The van der Waals surface area contributed by atoms with Crippen LogP contribution < -0.4 is 25.0 Å². The first-order valence-electron chi connectivity index (χ1n) is 9.85. The number of hydrogen-bond donors (Lipinski definition) is 3. The number of carbonyl (C=O) groups is 2. The molecular formula is C21H26ClN3O6S. The van der Waals surface area contributed by atoms with Crippen LogP contribution in [0.4, 0.5) is 0 Å². The summed E-state index contributed by atoms with van der Waals surface area (Å²) in [6.07, 6.45) is 0. The van der Waals surface area contributed by atoms with Gasteiger partial charge in [0.2, 0.25) is 10.0 Å². The zero-order valence-electron chi connectivity index (χ0n) is 17.9. The molecule has 0 aliphatic heterocycles. The smallest absolute Gasteiger partial charge is 0.276 e. The fourth-order valence-corrected chi connectivity index (χ4v) is 4.04. The summed E-state index contributed by atoms with van der Waals surface area (Å²) in [4.78, 5) is 24.6. The molecule has 0 bridgehead atoms. The fraction of sp³-hybridized carbons (Fsp3) is 0.333. The molecule has 0 saturated heterocycles. The maximum atomic E-state index is 12.6. The minimum atomic E-state index is -3.98. The van der Waals surface area contributed by atoms with Crippen molar-refractivity contribution in [2.75, 3.05) is 13.2 Å². The summed E-state index contributed by atoms with van der Waals surface area (Å²) in [6, 6.07) is 11.3. The Bertz CT molecular complexity index is 1030.